The fourth-order valence-corrected chi connectivity index (χ4v) is 4.43. The van der Waals surface area contributed by atoms with Gasteiger partial charge in [0.1, 0.15) is 0 Å². The summed E-state index contributed by atoms with van der Waals surface area (Å²) < 4.78 is 0. The van der Waals surface area contributed by atoms with E-state index in [0.717, 1.165) is 44.9 Å². The molecule has 1 unspecified atom stereocenters. The molecule has 2 rings (SSSR count). The second-order valence-corrected chi connectivity index (χ2v) is 9.81. The quantitative estimate of drug-likeness (QED) is 0.294. The Morgan fingerprint density at radius 1 is 0.559 bits per heavy atom. The predicted octanol–water partition coefficient (Wildman–Crippen LogP) is 6.71. The van der Waals surface area contributed by atoms with Gasteiger partial charge in [-0.15, -0.1) is 0 Å². The molecule has 0 heterocycles. The number of nitrogens with two attached hydrogens (primary N) is 4. The molecule has 0 aliphatic rings. The zero-order chi connectivity index (χ0) is 26.0. The molecule has 2 aromatic rings. The Labute approximate surface area is 209 Å². The molecule has 0 aliphatic carbocycles. The average Bonchev–Trinajstić information content (AvgIpc) is 2.91. The Morgan fingerprint density at radius 3 is 1.21 bits per heavy atom. The molecule has 0 radical (unpaired) electrons. The van der Waals surface area contributed by atoms with Gasteiger partial charge >= 0.3 is 0 Å². The van der Waals surface area contributed by atoms with Gasteiger partial charge in [0.05, 0.1) is 0 Å². The van der Waals surface area contributed by atoms with E-state index in [4.69, 9.17) is 22.9 Å². The molecular weight excluding hydrogens is 416 g/mol. The highest BCUT2D eigenvalue weighted by molar-refractivity contribution is 5.33. The predicted molar refractivity (Wildman–Crippen MR) is 149 cm³/mol. The smallest absolute Gasteiger partial charge is 0.0404 e. The van der Waals surface area contributed by atoms with E-state index in [2.05, 4.69) is 97.0 Å². The summed E-state index contributed by atoms with van der Waals surface area (Å²) >= 11 is 0. The van der Waals surface area contributed by atoms with Crippen molar-refractivity contribution in [1.82, 2.24) is 0 Å². The second-order valence-electron chi connectivity index (χ2n) is 9.81. The fraction of sp³-hybridized carbons (Fsp3) is 0.600. The number of benzene rings is 2. The highest BCUT2D eigenvalue weighted by Crippen LogP contribution is 2.31. The van der Waals surface area contributed by atoms with Crippen LogP contribution in [-0.4, -0.2) is 0 Å². The van der Waals surface area contributed by atoms with Gasteiger partial charge in [0.25, 0.3) is 0 Å². The normalized spacial score (nSPS) is 13.3. The summed E-state index contributed by atoms with van der Waals surface area (Å²) in [6.07, 6.45) is 6.65. The van der Waals surface area contributed by atoms with Crippen LogP contribution in [-0.2, 0) is 16.6 Å². The molecule has 34 heavy (non-hydrogen) atoms. The van der Waals surface area contributed by atoms with Gasteiger partial charge < -0.3 is 22.9 Å². The maximum atomic E-state index is 6.47. The maximum Gasteiger partial charge on any atom is 0.0404 e. The van der Waals surface area contributed by atoms with Crippen molar-refractivity contribution in [2.45, 2.75) is 116 Å². The fourth-order valence-electron chi connectivity index (χ4n) is 4.43. The van der Waals surface area contributed by atoms with Crippen molar-refractivity contribution in [3.63, 3.8) is 0 Å². The first-order valence-electron chi connectivity index (χ1n) is 13.4. The molecule has 0 bridgehead atoms. The van der Waals surface area contributed by atoms with Crippen LogP contribution in [0.4, 0.5) is 0 Å². The third-order valence-electron chi connectivity index (χ3n) is 8.13. The zero-order valence-electron chi connectivity index (χ0n) is 23.0. The van der Waals surface area contributed by atoms with Crippen molar-refractivity contribution in [2.75, 3.05) is 0 Å². The van der Waals surface area contributed by atoms with Crippen LogP contribution >= 0.6 is 0 Å². The van der Waals surface area contributed by atoms with Gasteiger partial charge in [-0.2, -0.15) is 0 Å². The minimum atomic E-state index is -0.224. The lowest BCUT2D eigenvalue weighted by Crippen LogP contribution is -2.38. The van der Waals surface area contributed by atoms with Gasteiger partial charge in [0, 0.05) is 22.7 Å². The Balaban J connectivity index is 0.000000342. The Hall–Kier alpha value is -1.72. The van der Waals surface area contributed by atoms with E-state index in [0.29, 0.717) is 0 Å². The van der Waals surface area contributed by atoms with Crippen LogP contribution in [0.1, 0.15) is 122 Å². The van der Waals surface area contributed by atoms with Crippen molar-refractivity contribution in [1.29, 1.82) is 0 Å². The molecule has 0 saturated heterocycles. The summed E-state index contributed by atoms with van der Waals surface area (Å²) in [5, 5.41) is 0. The molecule has 1 atom stereocenters. The standard InChI is InChI=1S/C16H28N2.C14H24N2/c1-5-15(17,6-2)13-10-9-11-14(12-13)16(18,7-3)8-4;1-4-13(15)11-8-7-9-12(10-11)14(16,5-2)6-3/h9-12H,5-8,17-18H2,1-4H3;7-10,13H,4-6,15-16H2,1-3H3. The van der Waals surface area contributed by atoms with Crippen molar-refractivity contribution < 1.29 is 0 Å². The first kappa shape index (κ1) is 30.3. The minimum Gasteiger partial charge on any atom is -0.324 e. The van der Waals surface area contributed by atoms with Crippen LogP contribution in [0.2, 0.25) is 0 Å². The number of hydrogen-bond acceptors (Lipinski definition) is 4. The van der Waals surface area contributed by atoms with Crippen LogP contribution in [0, 0.1) is 0 Å². The third-order valence-corrected chi connectivity index (χ3v) is 8.13. The van der Waals surface area contributed by atoms with Crippen LogP contribution in [0.15, 0.2) is 48.5 Å². The SMILES string of the molecule is CCC(N)(CC)c1cccc(C(N)(CC)CC)c1.CCC(N)c1cccc(C(N)(CC)CC)c1. The highest BCUT2D eigenvalue weighted by atomic mass is 14.8. The minimum absolute atomic E-state index is 0.123. The largest absolute Gasteiger partial charge is 0.324 e. The van der Waals surface area contributed by atoms with Crippen LogP contribution < -0.4 is 22.9 Å². The Kier molecular flexibility index (Phi) is 11.9. The van der Waals surface area contributed by atoms with E-state index in [1.54, 1.807) is 0 Å². The molecule has 4 heteroatoms. The molecule has 2 aromatic carbocycles. The van der Waals surface area contributed by atoms with Gasteiger partial charge in [-0.3, -0.25) is 0 Å². The summed E-state index contributed by atoms with van der Waals surface area (Å²) in [7, 11) is 0. The van der Waals surface area contributed by atoms with Gasteiger partial charge in [-0.05, 0) is 67.2 Å². The Morgan fingerprint density at radius 2 is 0.882 bits per heavy atom. The highest BCUT2D eigenvalue weighted by Gasteiger charge is 2.27. The van der Waals surface area contributed by atoms with Crippen LogP contribution in [0.5, 0.6) is 0 Å². The summed E-state index contributed by atoms with van der Waals surface area (Å²) in [5.41, 5.74) is 29.5. The molecule has 0 spiro atoms. The summed E-state index contributed by atoms with van der Waals surface area (Å²) in [5.74, 6) is 0. The van der Waals surface area contributed by atoms with Crippen LogP contribution in [0.25, 0.3) is 0 Å². The lowest BCUT2D eigenvalue weighted by Gasteiger charge is -2.32. The molecule has 0 saturated carbocycles. The maximum absolute atomic E-state index is 6.47. The summed E-state index contributed by atoms with van der Waals surface area (Å²) in [4.78, 5) is 0. The summed E-state index contributed by atoms with van der Waals surface area (Å²) in [6.45, 7) is 15.0. The van der Waals surface area contributed by atoms with Gasteiger partial charge in [0.15, 0.2) is 0 Å². The number of rotatable bonds is 11. The lowest BCUT2D eigenvalue weighted by molar-refractivity contribution is 0.398. The topological polar surface area (TPSA) is 104 Å². The molecule has 0 aliphatic heterocycles. The van der Waals surface area contributed by atoms with Gasteiger partial charge in [0.2, 0.25) is 0 Å². The zero-order valence-corrected chi connectivity index (χ0v) is 23.0. The van der Waals surface area contributed by atoms with Gasteiger partial charge in [-0.25, -0.2) is 0 Å². The molecule has 0 fully saturated rings. The van der Waals surface area contributed by atoms with E-state index in [1.807, 2.05) is 0 Å². The first-order chi connectivity index (χ1) is 16.0. The van der Waals surface area contributed by atoms with E-state index in [9.17, 15) is 0 Å². The molecule has 0 aromatic heterocycles. The Bertz CT molecular complexity index is 815. The number of hydrogen-bond donors (Lipinski definition) is 4. The van der Waals surface area contributed by atoms with E-state index < -0.39 is 0 Å². The van der Waals surface area contributed by atoms with Crippen molar-refractivity contribution >= 4 is 0 Å². The van der Waals surface area contributed by atoms with Crippen molar-refractivity contribution in [3.05, 3.63) is 70.8 Å². The molecule has 4 nitrogen and oxygen atoms in total. The van der Waals surface area contributed by atoms with Crippen molar-refractivity contribution in [3.8, 4) is 0 Å². The molecule has 192 valence electrons. The monoisotopic (exact) mass is 468 g/mol. The van der Waals surface area contributed by atoms with E-state index >= 15 is 0 Å². The molecular formula is C30H52N4. The van der Waals surface area contributed by atoms with Gasteiger partial charge in [-0.1, -0.05) is 97.0 Å². The van der Waals surface area contributed by atoms with E-state index in [1.165, 1.54) is 22.3 Å². The second kappa shape index (κ2) is 13.4. The lowest BCUT2D eigenvalue weighted by atomic mass is 9.80. The first-order valence-corrected chi connectivity index (χ1v) is 13.4. The molecule has 0 amide bonds. The molecule has 8 N–H and O–H groups in total. The summed E-state index contributed by atoms with van der Waals surface area (Å²) in [6, 6.07) is 17.1. The van der Waals surface area contributed by atoms with E-state index in [-0.39, 0.29) is 22.7 Å². The van der Waals surface area contributed by atoms with Crippen LogP contribution in [0.3, 0.4) is 0 Å². The average molecular weight is 469 g/mol. The third kappa shape index (κ3) is 7.14. The van der Waals surface area contributed by atoms with Crippen molar-refractivity contribution in [2.24, 2.45) is 22.9 Å².